The summed E-state index contributed by atoms with van der Waals surface area (Å²) in [5.41, 5.74) is 0.724. The standard InChI is InChI=1S/C14H15N3O3S/c18-11(13-17-10-2-1-7-15-12(10)21-13)16-9-5-3-8(4-6-9)14(19)20/h1-2,7-9H,3-6H2,(H,16,18)(H,19,20). The van der Waals surface area contributed by atoms with Crippen molar-refractivity contribution in [2.75, 3.05) is 0 Å². The van der Waals surface area contributed by atoms with Gasteiger partial charge < -0.3 is 10.4 Å². The summed E-state index contributed by atoms with van der Waals surface area (Å²) in [6, 6.07) is 3.65. The SMILES string of the molecule is O=C(NC1CCC(C(=O)O)CC1)c1nc2cccnc2s1. The number of aromatic nitrogens is 2. The van der Waals surface area contributed by atoms with Crippen LogP contribution in [0.1, 0.15) is 35.5 Å². The molecule has 2 heterocycles. The Morgan fingerprint density at radius 3 is 2.71 bits per heavy atom. The maximum absolute atomic E-state index is 12.2. The van der Waals surface area contributed by atoms with Gasteiger partial charge in [-0.2, -0.15) is 0 Å². The predicted molar refractivity (Wildman–Crippen MR) is 78.3 cm³/mol. The zero-order valence-electron chi connectivity index (χ0n) is 11.3. The minimum absolute atomic E-state index is 0.0353. The minimum atomic E-state index is -0.739. The molecule has 6 nitrogen and oxygen atoms in total. The number of aliphatic carboxylic acids is 1. The van der Waals surface area contributed by atoms with Crippen LogP contribution in [0.2, 0.25) is 0 Å². The molecule has 0 unspecified atom stereocenters. The molecule has 1 amide bonds. The Bertz CT molecular complexity index is 644. The maximum Gasteiger partial charge on any atom is 0.306 e. The van der Waals surface area contributed by atoms with Gasteiger partial charge in [-0.3, -0.25) is 9.59 Å². The number of nitrogens with one attached hydrogen (secondary N) is 1. The number of carbonyl (C=O) groups excluding carboxylic acids is 1. The van der Waals surface area contributed by atoms with Gasteiger partial charge in [0.2, 0.25) is 0 Å². The molecule has 3 rings (SSSR count). The number of hydrogen-bond acceptors (Lipinski definition) is 5. The fourth-order valence-electron chi connectivity index (χ4n) is 2.60. The average Bonchev–Trinajstić information content (AvgIpc) is 2.92. The molecule has 1 saturated carbocycles. The Morgan fingerprint density at radius 2 is 2.05 bits per heavy atom. The molecule has 2 aromatic rings. The zero-order valence-corrected chi connectivity index (χ0v) is 12.1. The number of nitrogens with zero attached hydrogens (tertiary/aromatic N) is 2. The Hall–Kier alpha value is -2.02. The van der Waals surface area contributed by atoms with Crippen LogP contribution >= 0.6 is 11.3 Å². The number of amides is 1. The van der Waals surface area contributed by atoms with E-state index in [2.05, 4.69) is 15.3 Å². The first-order valence-electron chi connectivity index (χ1n) is 6.88. The molecule has 2 N–H and O–H groups in total. The second-order valence-corrected chi connectivity index (χ2v) is 6.18. The summed E-state index contributed by atoms with van der Waals surface area (Å²) < 4.78 is 0. The third kappa shape index (κ3) is 3.02. The van der Waals surface area contributed by atoms with Crippen molar-refractivity contribution >= 4 is 33.6 Å². The largest absolute Gasteiger partial charge is 0.481 e. The van der Waals surface area contributed by atoms with Gasteiger partial charge in [0, 0.05) is 12.2 Å². The van der Waals surface area contributed by atoms with Crippen LogP contribution in [0.15, 0.2) is 18.3 Å². The first-order chi connectivity index (χ1) is 10.1. The van der Waals surface area contributed by atoms with Crippen molar-refractivity contribution in [2.45, 2.75) is 31.7 Å². The number of fused-ring (bicyclic) bond motifs is 1. The highest BCUT2D eigenvalue weighted by atomic mass is 32.1. The lowest BCUT2D eigenvalue weighted by atomic mass is 9.86. The first kappa shape index (κ1) is 13.9. The summed E-state index contributed by atoms with van der Waals surface area (Å²) in [5.74, 6) is -1.21. The number of hydrogen-bond donors (Lipinski definition) is 2. The van der Waals surface area contributed by atoms with E-state index >= 15 is 0 Å². The van der Waals surface area contributed by atoms with Gasteiger partial charge in [0.25, 0.3) is 5.91 Å². The number of pyridine rings is 1. The molecule has 0 bridgehead atoms. The van der Waals surface area contributed by atoms with Crippen LogP contribution in [0, 0.1) is 5.92 Å². The van der Waals surface area contributed by atoms with Gasteiger partial charge in [-0.15, -0.1) is 0 Å². The normalized spacial score (nSPS) is 22.1. The van der Waals surface area contributed by atoms with Gasteiger partial charge in [0.15, 0.2) is 5.01 Å². The van der Waals surface area contributed by atoms with Crippen LogP contribution in [0.4, 0.5) is 0 Å². The second kappa shape index (κ2) is 5.77. The highest BCUT2D eigenvalue weighted by Gasteiger charge is 2.27. The van der Waals surface area contributed by atoms with Gasteiger partial charge in [-0.25, -0.2) is 9.97 Å². The van der Waals surface area contributed by atoms with E-state index < -0.39 is 5.97 Å². The Balaban J connectivity index is 1.63. The number of carbonyl (C=O) groups is 2. The molecule has 1 aliphatic carbocycles. The van der Waals surface area contributed by atoms with Crippen LogP contribution in [-0.2, 0) is 4.79 Å². The minimum Gasteiger partial charge on any atom is -0.481 e. The van der Waals surface area contributed by atoms with Crippen LogP contribution in [0.5, 0.6) is 0 Å². The summed E-state index contributed by atoms with van der Waals surface area (Å²) in [5, 5.41) is 12.3. The summed E-state index contributed by atoms with van der Waals surface area (Å²) in [6.07, 6.45) is 4.30. The molecule has 110 valence electrons. The summed E-state index contributed by atoms with van der Waals surface area (Å²) in [7, 11) is 0. The third-order valence-electron chi connectivity index (χ3n) is 3.77. The molecule has 21 heavy (non-hydrogen) atoms. The van der Waals surface area contributed by atoms with Crippen LogP contribution in [-0.4, -0.2) is 33.0 Å². The average molecular weight is 305 g/mol. The van der Waals surface area contributed by atoms with Crippen LogP contribution in [0.3, 0.4) is 0 Å². The molecule has 7 heteroatoms. The van der Waals surface area contributed by atoms with Crippen molar-refractivity contribution in [2.24, 2.45) is 5.92 Å². The molecular weight excluding hydrogens is 290 g/mol. The van der Waals surface area contributed by atoms with Crippen LogP contribution < -0.4 is 5.32 Å². The maximum atomic E-state index is 12.2. The van der Waals surface area contributed by atoms with E-state index in [0.29, 0.717) is 30.7 Å². The Labute approximate surface area is 125 Å². The third-order valence-corrected chi connectivity index (χ3v) is 4.75. The second-order valence-electron chi connectivity index (χ2n) is 5.21. The number of carboxylic acid groups (broad SMARTS) is 1. The van der Waals surface area contributed by atoms with Gasteiger partial charge in [-0.1, -0.05) is 11.3 Å². The lowest BCUT2D eigenvalue weighted by Gasteiger charge is -2.26. The Morgan fingerprint density at radius 1 is 1.29 bits per heavy atom. The smallest absolute Gasteiger partial charge is 0.306 e. The van der Waals surface area contributed by atoms with E-state index in [9.17, 15) is 9.59 Å². The highest BCUT2D eigenvalue weighted by molar-refractivity contribution is 7.19. The van der Waals surface area contributed by atoms with E-state index in [0.717, 1.165) is 10.3 Å². The van der Waals surface area contributed by atoms with Crippen molar-refractivity contribution < 1.29 is 14.7 Å². The molecule has 0 spiro atoms. The van der Waals surface area contributed by atoms with Gasteiger partial charge in [0.1, 0.15) is 10.3 Å². The first-order valence-corrected chi connectivity index (χ1v) is 7.70. The molecule has 1 fully saturated rings. The fraction of sp³-hybridized carbons (Fsp3) is 0.429. The van der Waals surface area contributed by atoms with E-state index in [1.165, 1.54) is 11.3 Å². The molecule has 1 aliphatic rings. The van der Waals surface area contributed by atoms with E-state index in [4.69, 9.17) is 5.11 Å². The summed E-state index contributed by atoms with van der Waals surface area (Å²) in [4.78, 5) is 32.3. The fourth-order valence-corrected chi connectivity index (χ4v) is 3.41. The van der Waals surface area contributed by atoms with Gasteiger partial charge in [0.05, 0.1) is 5.92 Å². The number of thiazole rings is 1. The lowest BCUT2D eigenvalue weighted by molar-refractivity contribution is -0.142. The molecule has 2 aromatic heterocycles. The van der Waals surface area contributed by atoms with Crippen molar-refractivity contribution in [1.82, 2.24) is 15.3 Å². The molecule has 0 aromatic carbocycles. The highest BCUT2D eigenvalue weighted by Crippen LogP contribution is 2.25. The van der Waals surface area contributed by atoms with Crippen molar-refractivity contribution in [3.05, 3.63) is 23.3 Å². The Kier molecular flexibility index (Phi) is 3.83. The van der Waals surface area contributed by atoms with Crippen LogP contribution in [0.25, 0.3) is 10.3 Å². The monoisotopic (exact) mass is 305 g/mol. The summed E-state index contributed by atoms with van der Waals surface area (Å²) >= 11 is 1.27. The van der Waals surface area contributed by atoms with Crippen molar-refractivity contribution in [3.63, 3.8) is 0 Å². The molecule has 0 radical (unpaired) electrons. The number of carboxylic acids is 1. The van der Waals surface area contributed by atoms with Crippen molar-refractivity contribution in [3.8, 4) is 0 Å². The zero-order chi connectivity index (χ0) is 14.8. The van der Waals surface area contributed by atoms with E-state index in [1.807, 2.05) is 6.07 Å². The van der Waals surface area contributed by atoms with E-state index in [1.54, 1.807) is 12.3 Å². The quantitative estimate of drug-likeness (QED) is 0.905. The molecular formula is C14H15N3O3S. The van der Waals surface area contributed by atoms with Crippen molar-refractivity contribution in [1.29, 1.82) is 0 Å². The number of rotatable bonds is 3. The lowest BCUT2D eigenvalue weighted by Crippen LogP contribution is -2.38. The van der Waals surface area contributed by atoms with E-state index in [-0.39, 0.29) is 17.9 Å². The predicted octanol–water partition coefficient (Wildman–Crippen LogP) is 2.06. The van der Waals surface area contributed by atoms with Gasteiger partial charge in [-0.05, 0) is 37.8 Å². The summed E-state index contributed by atoms with van der Waals surface area (Å²) in [6.45, 7) is 0. The van der Waals surface area contributed by atoms with Gasteiger partial charge >= 0.3 is 5.97 Å². The molecule has 0 aliphatic heterocycles. The molecule has 0 atom stereocenters. The topological polar surface area (TPSA) is 92.2 Å². The molecule has 0 saturated heterocycles.